The third-order valence-corrected chi connectivity index (χ3v) is 3.61. The molecule has 0 aliphatic carbocycles. The Morgan fingerprint density at radius 1 is 1.16 bits per heavy atom. The number of hydrogen-bond donors (Lipinski definition) is 1. The molecule has 1 aromatic carbocycles. The van der Waals surface area contributed by atoms with Gasteiger partial charge in [-0.2, -0.15) is 0 Å². The van der Waals surface area contributed by atoms with Crippen molar-refractivity contribution >= 4 is 0 Å². The molecule has 0 aliphatic rings. The highest BCUT2D eigenvalue weighted by molar-refractivity contribution is 5.27. The van der Waals surface area contributed by atoms with Gasteiger partial charge in [0.2, 0.25) is 0 Å². The second-order valence-electron chi connectivity index (χ2n) is 5.42. The van der Waals surface area contributed by atoms with Crippen molar-refractivity contribution in [1.29, 1.82) is 0 Å². The van der Waals surface area contributed by atoms with Crippen molar-refractivity contribution < 1.29 is 4.39 Å². The van der Waals surface area contributed by atoms with E-state index in [0.717, 1.165) is 24.9 Å². The molecule has 0 fully saturated rings. The number of unbranched alkanes of at least 4 members (excludes halogenated alkanes) is 2. The molecule has 1 nitrogen and oxygen atoms in total. The SMILES string of the molecule is CCCCCC(Cc1ccc(F)cc1C)NCCC. The fraction of sp³-hybridized carbons (Fsp3) is 0.647. The molecule has 1 atom stereocenters. The molecule has 0 bridgehead atoms. The van der Waals surface area contributed by atoms with Crippen LogP contribution in [0.15, 0.2) is 18.2 Å². The Balaban J connectivity index is 2.58. The summed E-state index contributed by atoms with van der Waals surface area (Å²) in [6.07, 6.45) is 7.22. The van der Waals surface area contributed by atoms with Gasteiger partial charge in [0.05, 0.1) is 0 Å². The van der Waals surface area contributed by atoms with Gasteiger partial charge in [-0.15, -0.1) is 0 Å². The van der Waals surface area contributed by atoms with Gasteiger partial charge in [0.1, 0.15) is 5.82 Å². The number of rotatable bonds is 9. The Kier molecular flexibility index (Phi) is 7.73. The van der Waals surface area contributed by atoms with E-state index < -0.39 is 0 Å². The summed E-state index contributed by atoms with van der Waals surface area (Å²) in [5.74, 6) is -0.134. The molecule has 0 spiro atoms. The van der Waals surface area contributed by atoms with E-state index in [0.29, 0.717) is 6.04 Å². The summed E-state index contributed by atoms with van der Waals surface area (Å²) >= 11 is 0. The summed E-state index contributed by atoms with van der Waals surface area (Å²) in [7, 11) is 0. The molecule has 2 heteroatoms. The van der Waals surface area contributed by atoms with Gasteiger partial charge in [-0.25, -0.2) is 4.39 Å². The van der Waals surface area contributed by atoms with Crippen LogP contribution in [0.2, 0.25) is 0 Å². The van der Waals surface area contributed by atoms with Gasteiger partial charge in [-0.05, 0) is 56.0 Å². The first-order valence-corrected chi connectivity index (χ1v) is 7.65. The number of aryl methyl sites for hydroxylation is 1. The zero-order chi connectivity index (χ0) is 14.1. The highest BCUT2D eigenvalue weighted by atomic mass is 19.1. The number of halogens is 1. The third kappa shape index (κ3) is 6.20. The highest BCUT2D eigenvalue weighted by Gasteiger charge is 2.10. The average molecular weight is 265 g/mol. The summed E-state index contributed by atoms with van der Waals surface area (Å²) in [4.78, 5) is 0. The largest absolute Gasteiger partial charge is 0.314 e. The van der Waals surface area contributed by atoms with E-state index in [1.807, 2.05) is 13.0 Å². The lowest BCUT2D eigenvalue weighted by Crippen LogP contribution is -2.32. The predicted octanol–water partition coefficient (Wildman–Crippen LogP) is 4.63. The van der Waals surface area contributed by atoms with Gasteiger partial charge in [-0.3, -0.25) is 0 Å². The standard InChI is InChI=1S/C17H28FN/c1-4-6-7-8-17(19-11-5-2)13-15-9-10-16(18)12-14(15)3/h9-10,12,17,19H,4-8,11,13H2,1-3H3. The van der Waals surface area contributed by atoms with E-state index in [4.69, 9.17) is 0 Å². The van der Waals surface area contributed by atoms with E-state index >= 15 is 0 Å². The topological polar surface area (TPSA) is 12.0 Å². The normalized spacial score (nSPS) is 12.6. The third-order valence-electron chi connectivity index (χ3n) is 3.61. The zero-order valence-corrected chi connectivity index (χ0v) is 12.6. The van der Waals surface area contributed by atoms with Crippen LogP contribution in [0.1, 0.15) is 57.1 Å². The van der Waals surface area contributed by atoms with Crippen molar-refractivity contribution in [2.24, 2.45) is 0 Å². The van der Waals surface area contributed by atoms with Crippen LogP contribution in [-0.4, -0.2) is 12.6 Å². The first kappa shape index (κ1) is 16.2. The molecule has 1 aromatic rings. The van der Waals surface area contributed by atoms with Crippen LogP contribution in [0.4, 0.5) is 4.39 Å². The van der Waals surface area contributed by atoms with Crippen molar-refractivity contribution in [3.8, 4) is 0 Å². The van der Waals surface area contributed by atoms with Crippen LogP contribution in [0, 0.1) is 12.7 Å². The van der Waals surface area contributed by atoms with E-state index in [2.05, 4.69) is 19.2 Å². The second-order valence-corrected chi connectivity index (χ2v) is 5.42. The Hall–Kier alpha value is -0.890. The van der Waals surface area contributed by atoms with Crippen LogP contribution in [-0.2, 0) is 6.42 Å². The predicted molar refractivity (Wildman–Crippen MR) is 81.1 cm³/mol. The number of nitrogens with one attached hydrogen (secondary N) is 1. The maximum absolute atomic E-state index is 13.1. The second kappa shape index (κ2) is 9.08. The molecule has 1 N–H and O–H groups in total. The molecule has 0 aliphatic heterocycles. The van der Waals surface area contributed by atoms with Crippen molar-refractivity contribution in [2.75, 3.05) is 6.54 Å². The average Bonchev–Trinajstić information content (AvgIpc) is 2.39. The van der Waals surface area contributed by atoms with Crippen molar-refractivity contribution in [2.45, 2.75) is 65.3 Å². The van der Waals surface area contributed by atoms with Crippen LogP contribution < -0.4 is 5.32 Å². The van der Waals surface area contributed by atoms with Gasteiger partial charge in [0, 0.05) is 6.04 Å². The Morgan fingerprint density at radius 3 is 2.58 bits per heavy atom. The fourth-order valence-corrected chi connectivity index (χ4v) is 2.42. The fourth-order valence-electron chi connectivity index (χ4n) is 2.42. The number of benzene rings is 1. The molecule has 0 heterocycles. The van der Waals surface area contributed by atoms with E-state index in [-0.39, 0.29) is 5.82 Å². The summed E-state index contributed by atoms with van der Waals surface area (Å²) < 4.78 is 13.1. The Bertz CT molecular complexity index is 362. The van der Waals surface area contributed by atoms with Gasteiger partial charge < -0.3 is 5.32 Å². The summed E-state index contributed by atoms with van der Waals surface area (Å²) in [5, 5.41) is 3.62. The van der Waals surface area contributed by atoms with Crippen LogP contribution >= 0.6 is 0 Å². The molecular weight excluding hydrogens is 237 g/mol. The lowest BCUT2D eigenvalue weighted by molar-refractivity contribution is 0.455. The number of hydrogen-bond acceptors (Lipinski definition) is 1. The summed E-state index contributed by atoms with van der Waals surface area (Å²) in [6.45, 7) is 7.50. The minimum atomic E-state index is -0.134. The van der Waals surface area contributed by atoms with E-state index in [9.17, 15) is 4.39 Å². The molecule has 0 saturated carbocycles. The Morgan fingerprint density at radius 2 is 1.95 bits per heavy atom. The van der Waals surface area contributed by atoms with Gasteiger partial charge in [0.25, 0.3) is 0 Å². The van der Waals surface area contributed by atoms with Crippen LogP contribution in [0.3, 0.4) is 0 Å². The van der Waals surface area contributed by atoms with Crippen molar-refractivity contribution in [1.82, 2.24) is 5.32 Å². The lowest BCUT2D eigenvalue weighted by atomic mass is 9.97. The van der Waals surface area contributed by atoms with Gasteiger partial charge >= 0.3 is 0 Å². The highest BCUT2D eigenvalue weighted by Crippen LogP contribution is 2.15. The maximum atomic E-state index is 13.1. The lowest BCUT2D eigenvalue weighted by Gasteiger charge is -2.19. The first-order valence-electron chi connectivity index (χ1n) is 7.65. The first-order chi connectivity index (χ1) is 9.17. The molecule has 0 saturated heterocycles. The molecule has 0 aromatic heterocycles. The molecular formula is C17H28FN. The molecule has 1 unspecified atom stereocenters. The molecule has 0 amide bonds. The minimum Gasteiger partial charge on any atom is -0.314 e. The molecule has 0 radical (unpaired) electrons. The minimum absolute atomic E-state index is 0.134. The van der Waals surface area contributed by atoms with Crippen molar-refractivity contribution in [3.05, 3.63) is 35.1 Å². The quantitative estimate of drug-likeness (QED) is 0.642. The summed E-state index contributed by atoms with van der Waals surface area (Å²) in [6, 6.07) is 5.67. The molecule has 1 rings (SSSR count). The van der Waals surface area contributed by atoms with Gasteiger partial charge in [-0.1, -0.05) is 39.2 Å². The zero-order valence-electron chi connectivity index (χ0n) is 12.6. The molecule has 19 heavy (non-hydrogen) atoms. The Labute approximate surface area is 117 Å². The van der Waals surface area contributed by atoms with E-state index in [1.54, 1.807) is 12.1 Å². The summed E-state index contributed by atoms with van der Waals surface area (Å²) in [5.41, 5.74) is 2.34. The smallest absolute Gasteiger partial charge is 0.123 e. The maximum Gasteiger partial charge on any atom is 0.123 e. The molecule has 108 valence electrons. The van der Waals surface area contributed by atoms with Gasteiger partial charge in [0.15, 0.2) is 0 Å². The van der Waals surface area contributed by atoms with E-state index in [1.165, 1.54) is 31.2 Å². The monoisotopic (exact) mass is 265 g/mol. The van der Waals surface area contributed by atoms with Crippen LogP contribution in [0.25, 0.3) is 0 Å². The van der Waals surface area contributed by atoms with Crippen molar-refractivity contribution in [3.63, 3.8) is 0 Å². The van der Waals surface area contributed by atoms with Crippen LogP contribution in [0.5, 0.6) is 0 Å².